The number of rotatable bonds is 15. The molecule has 0 bridgehead atoms. The molecule has 0 aliphatic carbocycles. The van der Waals surface area contributed by atoms with E-state index in [2.05, 4.69) is 16.0 Å². The topological polar surface area (TPSA) is 237 Å². The van der Waals surface area contributed by atoms with Gasteiger partial charge in [0.25, 0.3) is 0 Å². The second-order valence-corrected chi connectivity index (χ2v) is 8.66. The number of amides is 5. The summed E-state index contributed by atoms with van der Waals surface area (Å²) >= 11 is 0. The van der Waals surface area contributed by atoms with Gasteiger partial charge in [0, 0.05) is 6.42 Å². The number of hydrogen-bond donors (Lipinski definition) is 7. The van der Waals surface area contributed by atoms with Gasteiger partial charge in [0.2, 0.25) is 29.5 Å². The van der Waals surface area contributed by atoms with Crippen molar-refractivity contribution in [1.29, 1.82) is 0 Å². The largest absolute Gasteiger partial charge is 0.480 e. The summed E-state index contributed by atoms with van der Waals surface area (Å²) in [6.07, 6.45) is -0.981. The lowest BCUT2D eigenvalue weighted by atomic mass is 10.0. The van der Waals surface area contributed by atoms with Crippen LogP contribution in [0.3, 0.4) is 0 Å². The minimum Gasteiger partial charge on any atom is -0.480 e. The van der Waals surface area contributed by atoms with Gasteiger partial charge in [0.15, 0.2) is 0 Å². The van der Waals surface area contributed by atoms with E-state index in [0.29, 0.717) is 0 Å². The minimum absolute atomic E-state index is 0.160. The highest BCUT2D eigenvalue weighted by atomic mass is 16.4. The van der Waals surface area contributed by atoms with Gasteiger partial charge in [-0.2, -0.15) is 0 Å². The van der Waals surface area contributed by atoms with Crippen molar-refractivity contribution in [2.24, 2.45) is 23.1 Å². The third-order valence-corrected chi connectivity index (χ3v) is 5.22. The average Bonchev–Trinajstić information content (AvgIpc) is 2.79. The summed E-state index contributed by atoms with van der Waals surface area (Å²) in [5.41, 5.74) is 17.1. The molecule has 1 rings (SSSR count). The molecule has 5 amide bonds. The van der Waals surface area contributed by atoms with Crippen molar-refractivity contribution in [1.82, 2.24) is 16.0 Å². The number of nitrogens with one attached hydrogen (secondary N) is 3. The Balaban J connectivity index is 3.00. The molecule has 198 valence electrons. The van der Waals surface area contributed by atoms with Crippen LogP contribution in [0.25, 0.3) is 0 Å². The molecule has 10 N–H and O–H groups in total. The Hall–Kier alpha value is -4.00. The van der Waals surface area contributed by atoms with E-state index < -0.39 is 72.0 Å². The zero-order valence-electron chi connectivity index (χ0n) is 20.2. The predicted octanol–water partition coefficient (Wildman–Crippen LogP) is -2.11. The molecule has 0 aromatic heterocycles. The van der Waals surface area contributed by atoms with Gasteiger partial charge in [0.1, 0.15) is 18.1 Å². The highest BCUT2D eigenvalue weighted by molar-refractivity contribution is 5.96. The Morgan fingerprint density at radius 3 is 1.89 bits per heavy atom. The van der Waals surface area contributed by atoms with Gasteiger partial charge in [-0.25, -0.2) is 4.79 Å². The van der Waals surface area contributed by atoms with Crippen LogP contribution in [0.4, 0.5) is 0 Å². The maximum absolute atomic E-state index is 12.9. The van der Waals surface area contributed by atoms with E-state index in [1.165, 1.54) is 0 Å². The number of primary amides is 2. The van der Waals surface area contributed by atoms with E-state index in [0.717, 1.165) is 5.56 Å². The Morgan fingerprint density at radius 1 is 0.833 bits per heavy atom. The van der Waals surface area contributed by atoms with Crippen LogP contribution in [0, 0.1) is 5.92 Å². The zero-order chi connectivity index (χ0) is 27.4. The summed E-state index contributed by atoms with van der Waals surface area (Å²) in [5, 5.41) is 16.3. The molecular weight excluding hydrogens is 472 g/mol. The SMILES string of the molecule is CC(C)C(NC(=O)C(CCC(N)=O)NC(=O)C(CC(N)=O)NC(=O)C(N)Cc1ccccc1)C(=O)O. The first-order chi connectivity index (χ1) is 16.8. The van der Waals surface area contributed by atoms with Crippen LogP contribution in [0.5, 0.6) is 0 Å². The van der Waals surface area contributed by atoms with Gasteiger partial charge < -0.3 is 38.3 Å². The molecule has 0 saturated heterocycles. The molecule has 0 aliphatic rings. The standard InChI is InChI=1S/C23H34N6O7/c1-12(2)19(23(35)36)29-21(33)15(8-9-17(25)30)27-22(34)16(11-18(26)31)28-20(32)14(24)10-13-6-4-3-5-7-13/h3-7,12,14-16,19H,8-11,24H2,1-2H3,(H2,25,30)(H2,26,31)(H,27,34)(H,28,32)(H,29,33)(H,35,36). The van der Waals surface area contributed by atoms with Crippen LogP contribution >= 0.6 is 0 Å². The van der Waals surface area contributed by atoms with Gasteiger partial charge >= 0.3 is 5.97 Å². The van der Waals surface area contributed by atoms with Crippen LogP contribution in [-0.2, 0) is 35.2 Å². The van der Waals surface area contributed by atoms with Crippen molar-refractivity contribution in [2.75, 3.05) is 0 Å². The first-order valence-corrected chi connectivity index (χ1v) is 11.3. The molecule has 1 aromatic carbocycles. The molecule has 4 unspecified atom stereocenters. The lowest BCUT2D eigenvalue weighted by molar-refractivity contribution is -0.143. The average molecular weight is 507 g/mol. The smallest absolute Gasteiger partial charge is 0.326 e. The second-order valence-electron chi connectivity index (χ2n) is 8.66. The van der Waals surface area contributed by atoms with Crippen LogP contribution in [0.2, 0.25) is 0 Å². The van der Waals surface area contributed by atoms with Crippen molar-refractivity contribution in [3.8, 4) is 0 Å². The van der Waals surface area contributed by atoms with E-state index in [1.54, 1.807) is 44.2 Å². The molecule has 0 radical (unpaired) electrons. The lowest BCUT2D eigenvalue weighted by Crippen LogP contribution is -2.58. The normalized spacial score (nSPS) is 14.1. The van der Waals surface area contributed by atoms with Gasteiger partial charge in [-0.05, 0) is 24.3 Å². The van der Waals surface area contributed by atoms with Crippen molar-refractivity contribution >= 4 is 35.5 Å². The van der Waals surface area contributed by atoms with Gasteiger partial charge in [-0.1, -0.05) is 44.2 Å². The number of nitrogens with two attached hydrogens (primary N) is 3. The third kappa shape index (κ3) is 10.5. The summed E-state index contributed by atoms with van der Waals surface area (Å²) in [5.74, 6) is -5.99. The molecule has 0 aliphatic heterocycles. The molecule has 1 aromatic rings. The summed E-state index contributed by atoms with van der Waals surface area (Å²) < 4.78 is 0. The highest BCUT2D eigenvalue weighted by Crippen LogP contribution is 2.07. The van der Waals surface area contributed by atoms with E-state index in [1.807, 2.05) is 0 Å². The molecule has 13 heteroatoms. The summed E-state index contributed by atoms with van der Waals surface area (Å²) in [6.45, 7) is 3.15. The molecule has 0 spiro atoms. The van der Waals surface area contributed by atoms with Crippen LogP contribution in [-0.4, -0.2) is 64.8 Å². The quantitative estimate of drug-likeness (QED) is 0.139. The maximum Gasteiger partial charge on any atom is 0.326 e. The Morgan fingerprint density at radius 2 is 1.39 bits per heavy atom. The highest BCUT2D eigenvalue weighted by Gasteiger charge is 2.32. The maximum atomic E-state index is 12.9. The van der Waals surface area contributed by atoms with E-state index in [9.17, 15) is 33.9 Å². The summed E-state index contributed by atoms with van der Waals surface area (Å²) in [7, 11) is 0. The molecule has 36 heavy (non-hydrogen) atoms. The molecular formula is C23H34N6O7. The third-order valence-electron chi connectivity index (χ3n) is 5.22. The number of aliphatic carboxylic acids is 1. The Bertz CT molecular complexity index is 954. The van der Waals surface area contributed by atoms with Gasteiger partial charge in [-0.3, -0.25) is 24.0 Å². The number of carbonyl (C=O) groups excluding carboxylic acids is 5. The fourth-order valence-electron chi connectivity index (χ4n) is 3.25. The van der Waals surface area contributed by atoms with Crippen LogP contribution in [0.15, 0.2) is 30.3 Å². The number of carbonyl (C=O) groups is 6. The van der Waals surface area contributed by atoms with Crippen LogP contribution in [0.1, 0.15) is 38.7 Å². The second kappa shape index (κ2) is 14.4. The Kier molecular flexibility index (Phi) is 12.0. The van der Waals surface area contributed by atoms with Crippen molar-refractivity contribution in [3.63, 3.8) is 0 Å². The minimum atomic E-state index is -1.47. The number of carboxylic acids is 1. The molecule has 0 fully saturated rings. The summed E-state index contributed by atoms with van der Waals surface area (Å²) in [6, 6.07) is 3.72. The predicted molar refractivity (Wildman–Crippen MR) is 129 cm³/mol. The van der Waals surface area contributed by atoms with Crippen molar-refractivity contribution in [3.05, 3.63) is 35.9 Å². The fourth-order valence-corrected chi connectivity index (χ4v) is 3.25. The number of carboxylic acid groups (broad SMARTS) is 1. The fraction of sp³-hybridized carbons (Fsp3) is 0.478. The first-order valence-electron chi connectivity index (χ1n) is 11.3. The summed E-state index contributed by atoms with van der Waals surface area (Å²) in [4.78, 5) is 72.5. The molecule has 0 saturated carbocycles. The lowest BCUT2D eigenvalue weighted by Gasteiger charge is -2.25. The van der Waals surface area contributed by atoms with Gasteiger partial charge in [-0.15, -0.1) is 0 Å². The molecule has 0 heterocycles. The van der Waals surface area contributed by atoms with E-state index in [4.69, 9.17) is 17.2 Å². The zero-order valence-corrected chi connectivity index (χ0v) is 20.2. The molecule has 13 nitrogen and oxygen atoms in total. The Labute approximate surface area is 208 Å². The van der Waals surface area contributed by atoms with Gasteiger partial charge in [0.05, 0.1) is 12.5 Å². The van der Waals surface area contributed by atoms with Crippen molar-refractivity contribution in [2.45, 2.75) is 63.7 Å². The number of benzene rings is 1. The van der Waals surface area contributed by atoms with E-state index >= 15 is 0 Å². The number of hydrogen-bond acceptors (Lipinski definition) is 7. The monoisotopic (exact) mass is 506 g/mol. The first kappa shape index (κ1) is 30.0. The van der Waals surface area contributed by atoms with Crippen LogP contribution < -0.4 is 33.2 Å². The van der Waals surface area contributed by atoms with Crippen molar-refractivity contribution < 1.29 is 33.9 Å². The molecule has 4 atom stereocenters. The van der Waals surface area contributed by atoms with E-state index in [-0.39, 0.29) is 19.3 Å².